The van der Waals surface area contributed by atoms with Crippen LogP contribution in [0.4, 0.5) is 11.4 Å². The zero-order chi connectivity index (χ0) is 26.7. The van der Waals surface area contributed by atoms with Crippen LogP contribution in [-0.4, -0.2) is 70.9 Å². The smallest absolute Gasteiger partial charge is 0.255 e. The molecule has 1 aromatic carbocycles. The van der Waals surface area contributed by atoms with Crippen LogP contribution in [0.3, 0.4) is 0 Å². The summed E-state index contributed by atoms with van der Waals surface area (Å²) < 4.78 is 10.7. The fourth-order valence-electron chi connectivity index (χ4n) is 3.04. The highest BCUT2D eigenvalue weighted by atomic mass is 16.5. The predicted octanol–water partition coefficient (Wildman–Crippen LogP) is 1.53. The van der Waals surface area contributed by atoms with Crippen LogP contribution in [0.15, 0.2) is 54.9 Å². The van der Waals surface area contributed by atoms with E-state index < -0.39 is 24.2 Å². The number of benzene rings is 1. The molecule has 0 aliphatic rings. The first-order valence-corrected chi connectivity index (χ1v) is 11.0. The van der Waals surface area contributed by atoms with Crippen LogP contribution in [0.5, 0.6) is 5.88 Å². The minimum absolute atomic E-state index is 0.0287. The quantitative estimate of drug-likeness (QED) is 0.136. The topological polar surface area (TPSA) is 187 Å². The molecular formula is C24H31N7O5. The van der Waals surface area contributed by atoms with Crippen LogP contribution < -0.4 is 21.1 Å². The van der Waals surface area contributed by atoms with Crippen molar-refractivity contribution in [1.82, 2.24) is 9.88 Å². The van der Waals surface area contributed by atoms with Crippen molar-refractivity contribution in [3.8, 4) is 5.88 Å². The summed E-state index contributed by atoms with van der Waals surface area (Å²) in [6.07, 6.45) is 2.00. The molecular weight excluding hydrogens is 466 g/mol. The van der Waals surface area contributed by atoms with E-state index >= 15 is 0 Å². The normalized spacial score (nSPS) is 13.3. The van der Waals surface area contributed by atoms with Gasteiger partial charge in [0, 0.05) is 35.4 Å². The molecule has 2 rings (SSSR count). The molecule has 2 aromatic rings. The summed E-state index contributed by atoms with van der Waals surface area (Å²) in [5, 5.41) is 31.4. The third-order valence-electron chi connectivity index (χ3n) is 4.95. The number of hydrogen-bond donors (Lipinski definition) is 6. The van der Waals surface area contributed by atoms with Crippen LogP contribution in [0, 0.1) is 10.8 Å². The molecule has 0 radical (unpaired) electrons. The van der Waals surface area contributed by atoms with E-state index in [1.807, 2.05) is 0 Å². The molecule has 2 amide bonds. The van der Waals surface area contributed by atoms with Crippen molar-refractivity contribution in [3.63, 3.8) is 0 Å². The lowest BCUT2D eigenvalue weighted by Crippen LogP contribution is -2.42. The van der Waals surface area contributed by atoms with Gasteiger partial charge in [-0.1, -0.05) is 0 Å². The van der Waals surface area contributed by atoms with Crippen molar-refractivity contribution in [1.29, 1.82) is 10.8 Å². The minimum atomic E-state index is -1.48. The standard InChI is InChI=1S/C24H31N7O5/c1-15(13-31(14-32)20(25)9-11-28-19-8-10-29-21(12-19)35-3)36-16(2)22(33)24(34)30-18-6-4-17(5-7-18)23(26)27/h4-12,14-16,22,25,33H,13H2,1-3H3,(H3,26,27)(H,28,29)(H,30,34)/b11-9-,25-20?. The summed E-state index contributed by atoms with van der Waals surface area (Å²) in [6, 6.07) is 9.67. The summed E-state index contributed by atoms with van der Waals surface area (Å²) in [5.41, 5.74) is 7.03. The third kappa shape index (κ3) is 8.49. The van der Waals surface area contributed by atoms with Crippen molar-refractivity contribution in [2.24, 2.45) is 5.73 Å². The summed E-state index contributed by atoms with van der Waals surface area (Å²) in [7, 11) is 1.50. The molecule has 0 saturated carbocycles. The minimum Gasteiger partial charge on any atom is -0.481 e. The van der Waals surface area contributed by atoms with Gasteiger partial charge in [0.05, 0.1) is 25.9 Å². The van der Waals surface area contributed by atoms with Crippen LogP contribution in [0.1, 0.15) is 19.4 Å². The maximum atomic E-state index is 12.4. The van der Waals surface area contributed by atoms with E-state index in [0.717, 1.165) is 4.90 Å². The molecule has 3 atom stereocenters. The largest absolute Gasteiger partial charge is 0.481 e. The van der Waals surface area contributed by atoms with Gasteiger partial charge in [0.15, 0.2) is 6.10 Å². The highest BCUT2D eigenvalue weighted by Crippen LogP contribution is 2.14. The number of hydrogen-bond acceptors (Lipinski definition) is 9. The Labute approximate surface area is 209 Å². The SMILES string of the molecule is COc1cc(N/C=C\C(=N)N(C=O)CC(C)OC(C)C(O)C(=O)Nc2ccc(C(=N)N)cc2)ccn1. The number of amides is 2. The van der Waals surface area contributed by atoms with Crippen molar-refractivity contribution >= 4 is 35.4 Å². The van der Waals surface area contributed by atoms with E-state index in [1.165, 1.54) is 26.3 Å². The number of nitrogen functional groups attached to an aromatic ring is 1. The average molecular weight is 498 g/mol. The highest BCUT2D eigenvalue weighted by molar-refractivity contribution is 5.98. The number of ether oxygens (including phenoxy) is 2. The van der Waals surface area contributed by atoms with Gasteiger partial charge in [-0.05, 0) is 50.3 Å². The molecule has 1 heterocycles. The Kier molecular flexibility index (Phi) is 10.5. The van der Waals surface area contributed by atoms with Gasteiger partial charge in [0.25, 0.3) is 5.91 Å². The third-order valence-corrected chi connectivity index (χ3v) is 4.95. The van der Waals surface area contributed by atoms with Gasteiger partial charge >= 0.3 is 0 Å². The van der Waals surface area contributed by atoms with Crippen molar-refractivity contribution in [2.75, 3.05) is 24.3 Å². The molecule has 3 unspecified atom stereocenters. The lowest BCUT2D eigenvalue weighted by molar-refractivity contribution is -0.135. The molecule has 0 bridgehead atoms. The van der Waals surface area contributed by atoms with Gasteiger partial charge in [0.2, 0.25) is 12.3 Å². The average Bonchev–Trinajstić information content (AvgIpc) is 2.86. The lowest BCUT2D eigenvalue weighted by atomic mass is 10.1. The van der Waals surface area contributed by atoms with Crippen molar-refractivity contribution in [3.05, 3.63) is 60.4 Å². The molecule has 7 N–H and O–H groups in total. The van der Waals surface area contributed by atoms with Gasteiger partial charge in [-0.3, -0.25) is 25.3 Å². The van der Waals surface area contributed by atoms with Crippen molar-refractivity contribution in [2.45, 2.75) is 32.2 Å². The second-order valence-corrected chi connectivity index (χ2v) is 7.78. The summed E-state index contributed by atoms with van der Waals surface area (Å²) in [5.74, 6) is -0.427. The molecule has 0 spiro atoms. The summed E-state index contributed by atoms with van der Waals surface area (Å²) in [4.78, 5) is 29.0. The van der Waals surface area contributed by atoms with Gasteiger partial charge in [-0.25, -0.2) is 4.98 Å². The molecule has 0 aliphatic heterocycles. The first-order chi connectivity index (χ1) is 17.1. The second kappa shape index (κ2) is 13.6. The van der Waals surface area contributed by atoms with E-state index in [9.17, 15) is 14.7 Å². The van der Waals surface area contributed by atoms with Gasteiger partial charge in [0.1, 0.15) is 11.7 Å². The first kappa shape index (κ1) is 28.0. The Morgan fingerprint density at radius 1 is 1.22 bits per heavy atom. The van der Waals surface area contributed by atoms with Gasteiger partial charge in [-0.2, -0.15) is 0 Å². The fourth-order valence-corrected chi connectivity index (χ4v) is 3.04. The Morgan fingerprint density at radius 2 is 1.92 bits per heavy atom. The molecule has 192 valence electrons. The number of methoxy groups -OCH3 is 1. The number of amidine groups is 2. The Morgan fingerprint density at radius 3 is 2.53 bits per heavy atom. The monoisotopic (exact) mass is 497 g/mol. The number of pyridine rings is 1. The summed E-state index contributed by atoms with van der Waals surface area (Å²) >= 11 is 0. The number of carbonyl (C=O) groups excluding carboxylic acids is 2. The lowest BCUT2D eigenvalue weighted by Gasteiger charge is -2.26. The summed E-state index contributed by atoms with van der Waals surface area (Å²) in [6.45, 7) is 3.22. The number of carbonyl (C=O) groups is 2. The van der Waals surface area contributed by atoms with E-state index in [-0.39, 0.29) is 18.2 Å². The number of aliphatic hydroxyl groups is 1. The number of aliphatic hydroxyl groups excluding tert-OH is 1. The number of aromatic nitrogens is 1. The van der Waals surface area contributed by atoms with Gasteiger partial charge in [-0.15, -0.1) is 0 Å². The molecule has 1 aromatic heterocycles. The molecule has 36 heavy (non-hydrogen) atoms. The van der Waals surface area contributed by atoms with Crippen LogP contribution in [-0.2, 0) is 14.3 Å². The Hall–Kier alpha value is -4.29. The van der Waals surface area contributed by atoms with Crippen LogP contribution in [0.2, 0.25) is 0 Å². The van der Waals surface area contributed by atoms with E-state index in [0.29, 0.717) is 29.2 Å². The maximum absolute atomic E-state index is 12.4. The Balaban J connectivity index is 1.85. The van der Waals surface area contributed by atoms with E-state index in [1.54, 1.807) is 49.5 Å². The van der Waals surface area contributed by atoms with E-state index in [4.69, 9.17) is 26.0 Å². The fraction of sp³-hybridized carbons (Fsp3) is 0.292. The van der Waals surface area contributed by atoms with Crippen molar-refractivity contribution < 1.29 is 24.2 Å². The van der Waals surface area contributed by atoms with Crippen LogP contribution >= 0.6 is 0 Å². The molecule has 0 aliphatic carbocycles. The van der Waals surface area contributed by atoms with Gasteiger partial charge < -0.3 is 30.9 Å². The number of anilines is 2. The number of rotatable bonds is 13. The Bertz CT molecular complexity index is 1090. The first-order valence-electron chi connectivity index (χ1n) is 11.0. The zero-order valence-corrected chi connectivity index (χ0v) is 20.3. The molecule has 12 heteroatoms. The number of nitrogens with two attached hydrogens (primary N) is 1. The highest BCUT2D eigenvalue weighted by Gasteiger charge is 2.25. The van der Waals surface area contributed by atoms with Crippen LogP contribution in [0.25, 0.3) is 0 Å². The molecule has 12 nitrogen and oxygen atoms in total. The number of nitrogens with one attached hydrogen (secondary N) is 4. The zero-order valence-electron chi connectivity index (χ0n) is 20.3. The number of nitrogens with zero attached hydrogens (tertiary/aromatic N) is 2. The maximum Gasteiger partial charge on any atom is 0.255 e. The van der Waals surface area contributed by atoms with E-state index in [2.05, 4.69) is 15.6 Å². The molecule has 0 fully saturated rings. The molecule has 0 saturated heterocycles. The predicted molar refractivity (Wildman–Crippen MR) is 136 cm³/mol. The second-order valence-electron chi connectivity index (χ2n) is 7.78.